The van der Waals surface area contributed by atoms with Gasteiger partial charge in [-0.15, -0.1) is 0 Å². The fraction of sp³-hybridized carbons (Fsp3) is 0.294. The molecule has 0 spiro atoms. The van der Waals surface area contributed by atoms with Crippen LogP contribution in [0.1, 0.15) is 0 Å². The third-order valence-electron chi connectivity index (χ3n) is 4.62. The quantitative estimate of drug-likeness (QED) is 0.665. The van der Waals surface area contributed by atoms with Crippen molar-refractivity contribution < 1.29 is 9.46 Å². The van der Waals surface area contributed by atoms with Crippen LogP contribution < -0.4 is 10.4 Å². The molecular formula is C17H24O2PSi2+. The fourth-order valence-electron chi connectivity index (χ4n) is 3.51. The Balaban J connectivity index is 2.53. The van der Waals surface area contributed by atoms with Crippen molar-refractivity contribution in [1.82, 2.24) is 0 Å². The molecular weight excluding hydrogens is 323 g/mol. The van der Waals surface area contributed by atoms with E-state index in [4.69, 9.17) is 0 Å². The number of rotatable bonds is 5. The third-order valence-corrected chi connectivity index (χ3v) is 21.0. The Kier molecular flexibility index (Phi) is 5.18. The lowest BCUT2D eigenvalue weighted by Gasteiger charge is -2.34. The van der Waals surface area contributed by atoms with Gasteiger partial charge in [-0.1, -0.05) is 97.2 Å². The first kappa shape index (κ1) is 17.3. The molecule has 22 heavy (non-hydrogen) atoms. The Morgan fingerprint density at radius 1 is 0.773 bits per heavy atom. The Hall–Kier alpha value is -1.07. The summed E-state index contributed by atoms with van der Waals surface area (Å²) in [6, 6.07) is 20.6. The van der Waals surface area contributed by atoms with Crippen molar-refractivity contribution in [3.8, 4) is 0 Å². The lowest BCUT2D eigenvalue weighted by Crippen LogP contribution is -2.66. The van der Waals surface area contributed by atoms with Crippen LogP contribution in [0, 0.1) is 0 Å². The molecule has 116 valence electrons. The Morgan fingerprint density at radius 2 is 1.09 bits per heavy atom. The van der Waals surface area contributed by atoms with Gasteiger partial charge in [0.15, 0.2) is 4.91 Å². The molecule has 0 fully saturated rings. The molecule has 0 saturated carbocycles. The molecule has 2 rings (SSSR count). The normalized spacial score (nSPS) is 13.3. The SMILES string of the molecule is C[Si](C)(c1ccccc1)C([P+](=O)O)[Si](C)(C)c1ccccc1. The van der Waals surface area contributed by atoms with Crippen LogP contribution >= 0.6 is 8.03 Å². The minimum Gasteiger partial charge on any atom is -0.161 e. The summed E-state index contributed by atoms with van der Waals surface area (Å²) in [5.74, 6) is 0. The molecule has 1 unspecified atom stereocenters. The number of hydrogen-bond donors (Lipinski definition) is 1. The standard InChI is InChI=1S/C17H23O2PSi2/c1-21(2,15-11-7-5-8-12-15)17(20(18)19)22(3,4)16-13-9-6-10-14-16/h5-14,17H,1-4H3/p+1. The summed E-state index contributed by atoms with van der Waals surface area (Å²) in [5, 5.41) is 2.52. The molecule has 0 bridgehead atoms. The summed E-state index contributed by atoms with van der Waals surface area (Å²) in [7, 11) is -6.34. The molecule has 0 amide bonds. The number of hydrogen-bond acceptors (Lipinski definition) is 1. The van der Waals surface area contributed by atoms with Crippen molar-refractivity contribution in [3.63, 3.8) is 0 Å². The molecule has 0 aromatic heterocycles. The summed E-state index contributed by atoms with van der Waals surface area (Å²) < 4.78 is 12.4. The molecule has 0 aliphatic rings. The zero-order chi connectivity index (χ0) is 16.4. The van der Waals surface area contributed by atoms with E-state index >= 15 is 0 Å². The van der Waals surface area contributed by atoms with Crippen LogP contribution in [0.2, 0.25) is 26.2 Å². The van der Waals surface area contributed by atoms with Gasteiger partial charge in [-0.05, 0) is 4.57 Å². The molecule has 2 aromatic carbocycles. The van der Waals surface area contributed by atoms with Crippen molar-refractivity contribution in [2.24, 2.45) is 0 Å². The van der Waals surface area contributed by atoms with Gasteiger partial charge in [0, 0.05) is 0 Å². The molecule has 0 aliphatic heterocycles. The predicted molar refractivity (Wildman–Crippen MR) is 101 cm³/mol. The Morgan fingerprint density at radius 3 is 1.36 bits per heavy atom. The van der Waals surface area contributed by atoms with E-state index in [0.717, 1.165) is 0 Å². The first-order chi connectivity index (χ1) is 10.3. The zero-order valence-electron chi connectivity index (χ0n) is 13.7. The van der Waals surface area contributed by atoms with Crippen molar-refractivity contribution in [2.45, 2.75) is 31.1 Å². The van der Waals surface area contributed by atoms with E-state index in [-0.39, 0.29) is 4.91 Å². The average molecular weight is 348 g/mol. The van der Waals surface area contributed by atoms with Crippen LogP contribution in [0.25, 0.3) is 0 Å². The van der Waals surface area contributed by atoms with Crippen molar-refractivity contribution in [1.29, 1.82) is 0 Å². The lowest BCUT2D eigenvalue weighted by atomic mass is 10.4. The van der Waals surface area contributed by atoms with Crippen LogP contribution in [-0.2, 0) is 4.57 Å². The smallest absolute Gasteiger partial charge is 0.161 e. The van der Waals surface area contributed by atoms with Gasteiger partial charge in [-0.25, -0.2) is 0 Å². The van der Waals surface area contributed by atoms with Gasteiger partial charge in [0.2, 0.25) is 0 Å². The van der Waals surface area contributed by atoms with Crippen molar-refractivity contribution in [3.05, 3.63) is 60.7 Å². The molecule has 0 radical (unpaired) electrons. The van der Waals surface area contributed by atoms with Gasteiger partial charge in [-0.2, -0.15) is 4.89 Å². The molecule has 2 nitrogen and oxygen atoms in total. The predicted octanol–water partition coefficient (Wildman–Crippen LogP) is 3.40. The van der Waals surface area contributed by atoms with E-state index in [0.29, 0.717) is 0 Å². The molecule has 0 saturated heterocycles. The van der Waals surface area contributed by atoms with E-state index in [1.54, 1.807) is 0 Å². The zero-order valence-corrected chi connectivity index (χ0v) is 16.5. The van der Waals surface area contributed by atoms with Crippen molar-refractivity contribution >= 4 is 34.5 Å². The molecule has 0 aliphatic carbocycles. The highest BCUT2D eigenvalue weighted by atomic mass is 31.1. The Labute approximate surface area is 136 Å². The first-order valence-corrected chi connectivity index (χ1v) is 15.0. The summed E-state index contributed by atoms with van der Waals surface area (Å²) in [6.07, 6.45) is 0. The van der Waals surface area contributed by atoms with Crippen LogP contribution in [0.3, 0.4) is 0 Å². The van der Waals surface area contributed by atoms with E-state index in [2.05, 4.69) is 50.5 Å². The molecule has 2 aromatic rings. The summed E-state index contributed by atoms with van der Waals surface area (Å²) in [4.78, 5) is 10.1. The second kappa shape index (κ2) is 6.59. The monoisotopic (exact) mass is 347 g/mol. The highest BCUT2D eigenvalue weighted by molar-refractivity contribution is 7.50. The van der Waals surface area contributed by atoms with Gasteiger partial charge < -0.3 is 0 Å². The largest absolute Gasteiger partial charge is 0.501 e. The van der Waals surface area contributed by atoms with Gasteiger partial charge in [0.1, 0.15) is 16.1 Å². The molecule has 1 atom stereocenters. The van der Waals surface area contributed by atoms with Gasteiger partial charge in [0.05, 0.1) is 0 Å². The number of benzene rings is 2. The van der Waals surface area contributed by atoms with Gasteiger partial charge >= 0.3 is 8.03 Å². The fourth-order valence-corrected chi connectivity index (χ4v) is 19.8. The van der Waals surface area contributed by atoms with E-state index in [9.17, 15) is 9.46 Å². The van der Waals surface area contributed by atoms with Crippen LogP contribution in [0.15, 0.2) is 60.7 Å². The summed E-state index contributed by atoms with van der Waals surface area (Å²) in [6.45, 7) is 8.92. The summed E-state index contributed by atoms with van der Waals surface area (Å²) in [5.41, 5.74) is 0. The first-order valence-electron chi connectivity index (χ1n) is 7.54. The molecule has 0 heterocycles. The average Bonchev–Trinajstić information content (AvgIpc) is 2.48. The van der Waals surface area contributed by atoms with E-state index in [1.807, 2.05) is 36.4 Å². The maximum Gasteiger partial charge on any atom is 0.501 e. The topological polar surface area (TPSA) is 37.3 Å². The van der Waals surface area contributed by atoms with Crippen LogP contribution in [-0.4, -0.2) is 25.9 Å². The highest BCUT2D eigenvalue weighted by Crippen LogP contribution is 2.37. The van der Waals surface area contributed by atoms with Crippen LogP contribution in [0.5, 0.6) is 0 Å². The third kappa shape index (κ3) is 3.30. The van der Waals surface area contributed by atoms with Gasteiger partial charge in [-0.3, -0.25) is 0 Å². The molecule has 1 N–H and O–H groups in total. The summed E-state index contributed by atoms with van der Waals surface area (Å²) >= 11 is 0. The van der Waals surface area contributed by atoms with E-state index < -0.39 is 24.2 Å². The Bertz CT molecular complexity index is 591. The lowest BCUT2D eigenvalue weighted by molar-refractivity contribution is 0.504. The maximum absolute atomic E-state index is 12.4. The second-order valence-electron chi connectivity index (χ2n) is 6.88. The minimum atomic E-state index is -2.21. The van der Waals surface area contributed by atoms with Gasteiger partial charge in [0.25, 0.3) is 0 Å². The highest BCUT2D eigenvalue weighted by Gasteiger charge is 2.57. The minimum absolute atomic E-state index is 0.111. The van der Waals surface area contributed by atoms with E-state index in [1.165, 1.54) is 10.4 Å². The van der Waals surface area contributed by atoms with Crippen molar-refractivity contribution in [2.75, 3.05) is 0 Å². The van der Waals surface area contributed by atoms with Crippen LogP contribution in [0.4, 0.5) is 0 Å². The maximum atomic E-state index is 12.4. The molecule has 5 heteroatoms. The second-order valence-corrected chi connectivity index (χ2v) is 18.7.